The monoisotopic (exact) mass is 219 g/mol. The fourth-order valence-corrected chi connectivity index (χ4v) is 2.62. The number of hydrogen-bond acceptors (Lipinski definition) is 2. The lowest BCUT2D eigenvalue weighted by atomic mass is 9.76. The van der Waals surface area contributed by atoms with Crippen molar-refractivity contribution in [3.8, 4) is 0 Å². The van der Waals surface area contributed by atoms with E-state index in [1.807, 2.05) is 0 Å². The molecule has 2 rings (SSSR count). The van der Waals surface area contributed by atoms with Crippen molar-refractivity contribution in [2.45, 2.75) is 32.8 Å². The molecular formula is C14H21NO. The highest BCUT2D eigenvalue weighted by molar-refractivity contribution is 5.24. The van der Waals surface area contributed by atoms with Crippen molar-refractivity contribution in [1.82, 2.24) is 0 Å². The summed E-state index contributed by atoms with van der Waals surface area (Å²) in [6.07, 6.45) is 2.39. The van der Waals surface area contributed by atoms with Gasteiger partial charge in [-0.05, 0) is 32.3 Å². The summed E-state index contributed by atoms with van der Waals surface area (Å²) in [6, 6.07) is 8.69. The fraction of sp³-hybridized carbons (Fsp3) is 0.571. The van der Waals surface area contributed by atoms with Crippen molar-refractivity contribution in [1.29, 1.82) is 0 Å². The Morgan fingerprint density at radius 3 is 2.88 bits per heavy atom. The van der Waals surface area contributed by atoms with Gasteiger partial charge in [-0.15, -0.1) is 0 Å². The molecule has 2 heteroatoms. The Hall–Kier alpha value is -0.860. The van der Waals surface area contributed by atoms with Crippen molar-refractivity contribution in [3.63, 3.8) is 0 Å². The number of ether oxygens (including phenoxy) is 1. The summed E-state index contributed by atoms with van der Waals surface area (Å²) in [7, 11) is 0. The normalized spacial score (nSPS) is 29.6. The average Bonchev–Trinajstić information content (AvgIpc) is 2.61. The van der Waals surface area contributed by atoms with Gasteiger partial charge in [-0.3, -0.25) is 0 Å². The Bertz CT molecular complexity index is 364. The summed E-state index contributed by atoms with van der Waals surface area (Å²) in [5.74, 6) is 0. The zero-order valence-electron chi connectivity index (χ0n) is 10.2. The molecule has 1 aromatic carbocycles. The van der Waals surface area contributed by atoms with Gasteiger partial charge < -0.3 is 10.5 Å². The minimum absolute atomic E-state index is 0.147. The summed E-state index contributed by atoms with van der Waals surface area (Å²) in [4.78, 5) is 0. The largest absolute Gasteiger partial charge is 0.378 e. The lowest BCUT2D eigenvalue weighted by molar-refractivity contribution is 0.0673. The molecule has 1 aliphatic rings. The van der Waals surface area contributed by atoms with Crippen molar-refractivity contribution < 1.29 is 4.74 Å². The van der Waals surface area contributed by atoms with Gasteiger partial charge in [-0.2, -0.15) is 0 Å². The van der Waals surface area contributed by atoms with Crippen molar-refractivity contribution >= 4 is 0 Å². The predicted octanol–water partition coefficient (Wildman–Crippen LogP) is 2.29. The van der Waals surface area contributed by atoms with Gasteiger partial charge >= 0.3 is 0 Å². The molecule has 0 aliphatic carbocycles. The summed E-state index contributed by atoms with van der Waals surface area (Å²) >= 11 is 0. The molecule has 16 heavy (non-hydrogen) atoms. The van der Waals surface area contributed by atoms with Crippen LogP contribution in [0, 0.1) is 12.3 Å². The molecular weight excluding hydrogens is 198 g/mol. The van der Waals surface area contributed by atoms with Gasteiger partial charge in [0.25, 0.3) is 0 Å². The zero-order valence-corrected chi connectivity index (χ0v) is 10.2. The quantitative estimate of drug-likeness (QED) is 0.846. The van der Waals surface area contributed by atoms with E-state index in [4.69, 9.17) is 10.5 Å². The average molecular weight is 219 g/mol. The third kappa shape index (κ3) is 2.13. The topological polar surface area (TPSA) is 35.2 Å². The Morgan fingerprint density at radius 2 is 2.31 bits per heavy atom. The van der Waals surface area contributed by atoms with Gasteiger partial charge in [0.2, 0.25) is 0 Å². The summed E-state index contributed by atoms with van der Waals surface area (Å²) in [5, 5.41) is 0. The van der Waals surface area contributed by atoms with Crippen LogP contribution in [0.4, 0.5) is 0 Å². The van der Waals surface area contributed by atoms with Crippen LogP contribution in [0.5, 0.6) is 0 Å². The van der Waals surface area contributed by atoms with Gasteiger partial charge in [0.1, 0.15) is 0 Å². The van der Waals surface area contributed by atoms with Crippen LogP contribution in [-0.4, -0.2) is 19.3 Å². The van der Waals surface area contributed by atoms with Crippen molar-refractivity contribution in [2.75, 3.05) is 13.2 Å². The van der Waals surface area contributed by atoms with E-state index >= 15 is 0 Å². The van der Waals surface area contributed by atoms with Crippen molar-refractivity contribution in [3.05, 3.63) is 35.4 Å². The van der Waals surface area contributed by atoms with Crippen LogP contribution in [0.25, 0.3) is 0 Å². The number of hydrogen-bond donors (Lipinski definition) is 1. The molecule has 0 radical (unpaired) electrons. The first-order chi connectivity index (χ1) is 7.66. The van der Waals surface area contributed by atoms with Crippen molar-refractivity contribution in [2.24, 2.45) is 11.1 Å². The van der Waals surface area contributed by atoms with E-state index < -0.39 is 0 Å². The molecule has 2 atom stereocenters. The van der Waals surface area contributed by atoms with Crippen LogP contribution in [0.15, 0.2) is 24.3 Å². The minimum atomic E-state index is 0.147. The molecule has 0 spiro atoms. The fourth-order valence-electron chi connectivity index (χ4n) is 2.62. The Labute approximate surface area is 97.8 Å². The molecule has 0 bridgehead atoms. The Morgan fingerprint density at radius 1 is 1.50 bits per heavy atom. The SMILES string of the molecule is Cc1cccc(CC2(CN)CCOC2C)c1. The second kappa shape index (κ2) is 4.56. The predicted molar refractivity (Wildman–Crippen MR) is 66.4 cm³/mol. The Balaban J connectivity index is 2.18. The standard InChI is InChI=1S/C14H21NO/c1-11-4-3-5-13(8-11)9-14(10-15)6-7-16-12(14)2/h3-5,8,12H,6-7,9-10,15H2,1-2H3. The van der Waals surface area contributed by atoms with Crippen LogP contribution in [-0.2, 0) is 11.2 Å². The molecule has 2 nitrogen and oxygen atoms in total. The molecule has 1 aliphatic heterocycles. The number of aryl methyl sites for hydroxylation is 1. The highest BCUT2D eigenvalue weighted by atomic mass is 16.5. The number of nitrogens with two attached hydrogens (primary N) is 1. The third-order valence-electron chi connectivity index (χ3n) is 3.88. The minimum Gasteiger partial charge on any atom is -0.378 e. The van der Waals surface area contributed by atoms with Crippen LogP contribution >= 0.6 is 0 Å². The highest BCUT2D eigenvalue weighted by Crippen LogP contribution is 2.37. The molecule has 2 unspecified atom stereocenters. The van der Waals surface area contributed by atoms with Crippen LogP contribution in [0.1, 0.15) is 24.5 Å². The number of benzene rings is 1. The van der Waals surface area contributed by atoms with E-state index in [2.05, 4.69) is 38.1 Å². The maximum atomic E-state index is 5.97. The highest BCUT2D eigenvalue weighted by Gasteiger charge is 2.40. The molecule has 2 N–H and O–H groups in total. The molecule has 1 heterocycles. The smallest absolute Gasteiger partial charge is 0.0619 e. The lowest BCUT2D eigenvalue weighted by Gasteiger charge is -2.31. The van der Waals surface area contributed by atoms with Crippen LogP contribution in [0.2, 0.25) is 0 Å². The lowest BCUT2D eigenvalue weighted by Crippen LogP contribution is -2.38. The van der Waals surface area contributed by atoms with E-state index in [1.165, 1.54) is 11.1 Å². The maximum absolute atomic E-state index is 5.97. The summed E-state index contributed by atoms with van der Waals surface area (Å²) in [6.45, 7) is 5.84. The van der Waals surface area contributed by atoms with Crippen LogP contribution < -0.4 is 5.73 Å². The molecule has 0 amide bonds. The molecule has 1 saturated heterocycles. The first-order valence-corrected chi connectivity index (χ1v) is 6.03. The van der Waals surface area contributed by atoms with E-state index in [1.54, 1.807) is 0 Å². The summed E-state index contributed by atoms with van der Waals surface area (Å²) in [5.41, 5.74) is 8.81. The van der Waals surface area contributed by atoms with Crippen LogP contribution in [0.3, 0.4) is 0 Å². The van der Waals surface area contributed by atoms with Gasteiger partial charge in [0, 0.05) is 18.6 Å². The van der Waals surface area contributed by atoms with E-state index in [0.29, 0.717) is 6.54 Å². The second-order valence-electron chi connectivity index (χ2n) is 5.00. The third-order valence-corrected chi connectivity index (χ3v) is 3.88. The van der Waals surface area contributed by atoms with Gasteiger partial charge in [-0.25, -0.2) is 0 Å². The molecule has 1 aromatic rings. The zero-order chi connectivity index (χ0) is 11.6. The van der Waals surface area contributed by atoms with Gasteiger partial charge in [0.15, 0.2) is 0 Å². The second-order valence-corrected chi connectivity index (χ2v) is 5.00. The van der Waals surface area contributed by atoms with E-state index in [-0.39, 0.29) is 11.5 Å². The van der Waals surface area contributed by atoms with Gasteiger partial charge in [-0.1, -0.05) is 29.8 Å². The molecule has 88 valence electrons. The van der Waals surface area contributed by atoms with E-state index in [0.717, 1.165) is 19.4 Å². The first-order valence-electron chi connectivity index (χ1n) is 6.03. The Kier molecular flexibility index (Phi) is 3.31. The number of rotatable bonds is 3. The first kappa shape index (κ1) is 11.6. The van der Waals surface area contributed by atoms with Gasteiger partial charge in [0.05, 0.1) is 6.10 Å². The molecule has 0 saturated carbocycles. The molecule has 1 fully saturated rings. The maximum Gasteiger partial charge on any atom is 0.0619 e. The molecule has 0 aromatic heterocycles. The van der Waals surface area contributed by atoms with E-state index in [9.17, 15) is 0 Å². The summed E-state index contributed by atoms with van der Waals surface area (Å²) < 4.78 is 5.68.